The smallest absolute Gasteiger partial charge is 0.372 e. The first-order chi connectivity index (χ1) is 13.6. The summed E-state index contributed by atoms with van der Waals surface area (Å²) in [5.74, 6) is -1.04. The molecular weight excluding hydrogens is 354 g/mol. The Morgan fingerprint density at radius 1 is 1.14 bits per heavy atom. The molecule has 0 aliphatic carbocycles. The van der Waals surface area contributed by atoms with E-state index in [2.05, 4.69) is 20.9 Å². The third kappa shape index (κ3) is 3.19. The summed E-state index contributed by atoms with van der Waals surface area (Å²) in [7, 11) is 0. The van der Waals surface area contributed by atoms with Crippen molar-refractivity contribution in [2.45, 2.75) is 6.92 Å². The molecule has 7 heteroatoms. The number of hydrogen-bond donors (Lipinski definition) is 1. The number of carbonyl (C=O) groups is 1. The predicted octanol–water partition coefficient (Wildman–Crippen LogP) is 2.68. The van der Waals surface area contributed by atoms with Crippen LogP contribution in [0.25, 0.3) is 16.7 Å². The van der Waals surface area contributed by atoms with E-state index < -0.39 is 5.97 Å². The summed E-state index contributed by atoms with van der Waals surface area (Å²) in [5, 5.41) is 18.5. The molecule has 7 nitrogen and oxygen atoms in total. The van der Waals surface area contributed by atoms with Crippen LogP contribution in [0.5, 0.6) is 0 Å². The maximum absolute atomic E-state index is 11.8. The van der Waals surface area contributed by atoms with Gasteiger partial charge in [-0.25, -0.2) is 9.78 Å². The Morgan fingerprint density at radius 2 is 1.86 bits per heavy atom. The number of carboxylic acid groups (broad SMARTS) is 1. The first-order valence-electron chi connectivity index (χ1n) is 9.24. The molecule has 2 heterocycles. The first-order valence-corrected chi connectivity index (χ1v) is 9.24. The van der Waals surface area contributed by atoms with Gasteiger partial charge in [-0.15, -0.1) is 0 Å². The van der Waals surface area contributed by atoms with Crippen LogP contribution in [0.4, 0.5) is 5.69 Å². The summed E-state index contributed by atoms with van der Waals surface area (Å²) in [6, 6.07) is 15.8. The van der Waals surface area contributed by atoms with Gasteiger partial charge in [-0.3, -0.25) is 9.47 Å². The van der Waals surface area contributed by atoms with E-state index in [-0.39, 0.29) is 5.82 Å². The van der Waals surface area contributed by atoms with E-state index in [0.29, 0.717) is 12.1 Å². The number of benzene rings is 2. The second-order valence-electron chi connectivity index (χ2n) is 6.96. The van der Waals surface area contributed by atoms with Crippen LogP contribution in [-0.2, 0) is 0 Å². The Hall–Kier alpha value is -3.37. The Kier molecular flexibility index (Phi) is 4.72. The van der Waals surface area contributed by atoms with Gasteiger partial charge in [0.15, 0.2) is 0 Å². The van der Waals surface area contributed by atoms with Crippen LogP contribution in [0.1, 0.15) is 16.2 Å². The number of anilines is 1. The van der Waals surface area contributed by atoms with E-state index in [1.807, 2.05) is 49.4 Å². The van der Waals surface area contributed by atoms with Crippen LogP contribution in [0, 0.1) is 18.3 Å². The van der Waals surface area contributed by atoms with Crippen LogP contribution in [0.2, 0.25) is 0 Å². The maximum Gasteiger partial charge on any atom is 0.372 e. The van der Waals surface area contributed by atoms with Crippen molar-refractivity contribution >= 4 is 22.7 Å². The van der Waals surface area contributed by atoms with Crippen LogP contribution < -0.4 is 4.90 Å². The summed E-state index contributed by atoms with van der Waals surface area (Å²) in [4.78, 5) is 20.6. The highest BCUT2D eigenvalue weighted by atomic mass is 16.4. The zero-order chi connectivity index (χ0) is 19.7. The lowest BCUT2D eigenvalue weighted by Gasteiger charge is -2.35. The molecule has 0 atom stereocenters. The van der Waals surface area contributed by atoms with Crippen molar-refractivity contribution in [1.82, 2.24) is 14.5 Å². The molecular formula is C21H21N5O2. The molecule has 0 saturated carbocycles. The quantitative estimate of drug-likeness (QED) is 0.706. The number of carboxylic acids is 1. The number of aryl methyl sites for hydroxylation is 1. The van der Waals surface area contributed by atoms with Gasteiger partial charge in [-0.05, 0) is 36.8 Å². The van der Waals surface area contributed by atoms with Crippen molar-refractivity contribution in [1.29, 1.82) is 5.26 Å². The molecule has 142 valence electrons. The van der Waals surface area contributed by atoms with Crippen molar-refractivity contribution in [3.63, 3.8) is 0 Å². The van der Waals surface area contributed by atoms with Gasteiger partial charge in [0.1, 0.15) is 0 Å². The number of aromatic nitrogens is 2. The lowest BCUT2D eigenvalue weighted by atomic mass is 10.2. The highest BCUT2D eigenvalue weighted by Gasteiger charge is 2.21. The molecule has 4 rings (SSSR count). The van der Waals surface area contributed by atoms with Crippen molar-refractivity contribution in [3.8, 4) is 11.8 Å². The molecule has 1 saturated heterocycles. The number of rotatable bonds is 4. The Balaban J connectivity index is 1.73. The minimum absolute atomic E-state index is 0.0142. The fourth-order valence-electron chi connectivity index (χ4n) is 3.74. The molecule has 1 aliphatic rings. The average Bonchev–Trinajstić information content (AvgIpc) is 3.10. The predicted molar refractivity (Wildman–Crippen MR) is 107 cm³/mol. The van der Waals surface area contributed by atoms with Crippen molar-refractivity contribution in [2.75, 3.05) is 37.6 Å². The highest BCUT2D eigenvalue weighted by molar-refractivity contribution is 5.92. The molecule has 0 radical (unpaired) electrons. The molecule has 28 heavy (non-hydrogen) atoms. The van der Waals surface area contributed by atoms with E-state index in [1.165, 1.54) is 0 Å². The molecule has 3 aromatic rings. The molecule has 0 bridgehead atoms. The third-order valence-electron chi connectivity index (χ3n) is 5.20. The van der Waals surface area contributed by atoms with Gasteiger partial charge >= 0.3 is 5.97 Å². The minimum Gasteiger partial charge on any atom is -0.475 e. The van der Waals surface area contributed by atoms with Crippen molar-refractivity contribution in [3.05, 3.63) is 53.9 Å². The first kappa shape index (κ1) is 18.0. The zero-order valence-electron chi connectivity index (χ0n) is 15.7. The van der Waals surface area contributed by atoms with Crippen LogP contribution in [0.3, 0.4) is 0 Å². The number of aromatic carboxylic acids is 1. The van der Waals surface area contributed by atoms with Gasteiger partial charge in [0.25, 0.3) is 0 Å². The van der Waals surface area contributed by atoms with Gasteiger partial charge in [0, 0.05) is 37.6 Å². The molecule has 1 N–H and O–H groups in total. The van der Waals surface area contributed by atoms with Gasteiger partial charge in [-0.2, -0.15) is 5.26 Å². The molecule has 0 amide bonds. The number of para-hydroxylation sites is 1. The number of hydrogen-bond acceptors (Lipinski definition) is 5. The second-order valence-corrected chi connectivity index (χ2v) is 6.96. The van der Waals surface area contributed by atoms with E-state index in [1.54, 1.807) is 4.57 Å². The zero-order valence-corrected chi connectivity index (χ0v) is 15.7. The third-order valence-corrected chi connectivity index (χ3v) is 5.20. The number of imidazole rings is 1. The lowest BCUT2D eigenvalue weighted by Crippen LogP contribution is -2.46. The molecule has 1 aliphatic heterocycles. The topological polar surface area (TPSA) is 85.4 Å². The summed E-state index contributed by atoms with van der Waals surface area (Å²) in [6.45, 7) is 5.73. The monoisotopic (exact) mass is 375 g/mol. The summed E-state index contributed by atoms with van der Waals surface area (Å²) in [6.07, 6.45) is 0. The largest absolute Gasteiger partial charge is 0.475 e. The second kappa shape index (κ2) is 7.33. The number of nitriles is 1. The molecule has 1 fully saturated rings. The standard InChI is InChI=1S/C21H21N5O2/c1-15-4-2-7-18-19(15)23-20(21(27)28)26(18)17-6-3-5-16(14-17)25-12-10-24(9-8-22)11-13-25/h2-7,14H,9-13H2,1H3,(H,27,28). The lowest BCUT2D eigenvalue weighted by molar-refractivity contribution is 0.0682. The highest BCUT2D eigenvalue weighted by Crippen LogP contribution is 2.27. The minimum atomic E-state index is -1.05. The van der Waals surface area contributed by atoms with Gasteiger partial charge in [0.05, 0.1) is 23.6 Å². The number of nitrogens with zero attached hydrogens (tertiary/aromatic N) is 5. The fraction of sp³-hybridized carbons (Fsp3) is 0.286. The average molecular weight is 375 g/mol. The Labute approximate surface area is 163 Å². The SMILES string of the molecule is Cc1cccc2c1nc(C(=O)O)n2-c1cccc(N2CCN(CC#N)CC2)c1. The molecule has 1 aromatic heterocycles. The molecule has 2 aromatic carbocycles. The number of fused-ring (bicyclic) bond motifs is 1. The Morgan fingerprint density at radius 3 is 2.57 bits per heavy atom. The van der Waals surface area contributed by atoms with Gasteiger partial charge in [0.2, 0.25) is 5.82 Å². The van der Waals surface area contributed by atoms with E-state index in [4.69, 9.17) is 5.26 Å². The van der Waals surface area contributed by atoms with Gasteiger partial charge < -0.3 is 10.0 Å². The molecule has 0 unspecified atom stereocenters. The summed E-state index contributed by atoms with van der Waals surface area (Å²) in [5.41, 5.74) is 4.26. The van der Waals surface area contributed by atoms with Crippen LogP contribution in [0.15, 0.2) is 42.5 Å². The van der Waals surface area contributed by atoms with Crippen molar-refractivity contribution < 1.29 is 9.90 Å². The molecule has 0 spiro atoms. The summed E-state index contributed by atoms with van der Waals surface area (Å²) >= 11 is 0. The van der Waals surface area contributed by atoms with Crippen LogP contribution in [-0.4, -0.2) is 58.3 Å². The number of piperazine rings is 1. The van der Waals surface area contributed by atoms with Crippen molar-refractivity contribution in [2.24, 2.45) is 0 Å². The Bertz CT molecular complexity index is 1070. The van der Waals surface area contributed by atoms with Crippen LogP contribution >= 0.6 is 0 Å². The van der Waals surface area contributed by atoms with E-state index in [9.17, 15) is 9.90 Å². The normalized spacial score (nSPS) is 14.9. The maximum atomic E-state index is 11.8. The van der Waals surface area contributed by atoms with E-state index >= 15 is 0 Å². The summed E-state index contributed by atoms with van der Waals surface area (Å²) < 4.78 is 1.71. The van der Waals surface area contributed by atoms with Gasteiger partial charge in [-0.1, -0.05) is 18.2 Å². The fourth-order valence-corrected chi connectivity index (χ4v) is 3.74. The van der Waals surface area contributed by atoms with E-state index in [0.717, 1.165) is 48.6 Å².